The van der Waals surface area contributed by atoms with Crippen molar-refractivity contribution in [2.24, 2.45) is 0 Å². The number of hydrogen-bond donors (Lipinski definition) is 1. The van der Waals surface area contributed by atoms with Crippen molar-refractivity contribution < 1.29 is 23.9 Å². The van der Waals surface area contributed by atoms with Crippen molar-refractivity contribution in [2.75, 3.05) is 20.8 Å². The highest BCUT2D eigenvalue weighted by Gasteiger charge is 2.36. The number of fused-ring (bicyclic) bond motifs is 1. The van der Waals surface area contributed by atoms with Crippen LogP contribution in [0.3, 0.4) is 0 Å². The number of methoxy groups -OCH3 is 2. The van der Waals surface area contributed by atoms with Gasteiger partial charge >= 0.3 is 0 Å². The normalized spacial score (nSPS) is 20.4. The summed E-state index contributed by atoms with van der Waals surface area (Å²) in [6, 6.07) is 6.28. The van der Waals surface area contributed by atoms with E-state index in [2.05, 4.69) is 10.3 Å². The molecule has 0 saturated heterocycles. The van der Waals surface area contributed by atoms with Crippen LogP contribution in [0.1, 0.15) is 15.4 Å². The van der Waals surface area contributed by atoms with E-state index in [0.717, 1.165) is 0 Å². The van der Waals surface area contributed by atoms with E-state index in [9.17, 15) is 14.9 Å². The number of carbonyl (C=O) groups excluding carboxylic acids is 1. The molecule has 2 atom stereocenters. The Bertz CT molecular complexity index is 1190. The summed E-state index contributed by atoms with van der Waals surface area (Å²) in [7, 11) is 3.01. The van der Waals surface area contributed by atoms with Gasteiger partial charge in [-0.15, -0.1) is 0 Å². The first-order valence-corrected chi connectivity index (χ1v) is 10.1. The standard InChI is InChI=1S/C20H20N4O6S/c1-12-17(18(25)21-11-20(29-3)8-7-16(28-2)30-20)31-19-22-15(10-23(12)19)13-5-4-6-14(9-13)24(26)27/h4-10,16H,11H2,1-3H3,(H,21,25)/t16-,20+/m0/s1. The first kappa shape index (κ1) is 21.1. The van der Waals surface area contributed by atoms with Crippen LogP contribution < -0.4 is 5.32 Å². The molecular formula is C20H20N4O6S. The van der Waals surface area contributed by atoms with Gasteiger partial charge in [-0.1, -0.05) is 23.5 Å². The van der Waals surface area contributed by atoms with E-state index in [4.69, 9.17) is 14.2 Å². The lowest BCUT2D eigenvalue weighted by atomic mass is 10.1. The molecule has 0 fully saturated rings. The van der Waals surface area contributed by atoms with Crippen LogP contribution in [-0.4, -0.2) is 53.1 Å². The molecule has 3 aromatic rings. The monoisotopic (exact) mass is 444 g/mol. The number of benzene rings is 1. The van der Waals surface area contributed by atoms with Crippen molar-refractivity contribution in [3.63, 3.8) is 0 Å². The predicted octanol–water partition coefficient (Wildman–Crippen LogP) is 2.91. The molecule has 3 heterocycles. The third-order valence-corrected chi connectivity index (χ3v) is 6.17. The molecule has 1 aliphatic heterocycles. The maximum atomic E-state index is 12.8. The zero-order valence-corrected chi connectivity index (χ0v) is 17.8. The van der Waals surface area contributed by atoms with E-state index in [1.165, 1.54) is 37.7 Å². The van der Waals surface area contributed by atoms with Gasteiger partial charge in [0.1, 0.15) is 4.88 Å². The molecule has 0 unspecified atom stereocenters. The Morgan fingerprint density at radius 1 is 1.45 bits per heavy atom. The largest absolute Gasteiger partial charge is 0.352 e. The van der Waals surface area contributed by atoms with Gasteiger partial charge in [0.2, 0.25) is 5.79 Å². The van der Waals surface area contributed by atoms with Crippen LogP contribution in [0.2, 0.25) is 0 Å². The van der Waals surface area contributed by atoms with E-state index in [1.54, 1.807) is 34.9 Å². The number of nitrogens with one attached hydrogen (secondary N) is 1. The van der Waals surface area contributed by atoms with E-state index >= 15 is 0 Å². The van der Waals surface area contributed by atoms with Crippen LogP contribution in [-0.2, 0) is 14.2 Å². The first-order chi connectivity index (χ1) is 14.9. The number of thiazole rings is 1. The lowest BCUT2D eigenvalue weighted by molar-refractivity contribution is -0.384. The molecule has 0 bridgehead atoms. The van der Waals surface area contributed by atoms with E-state index in [1.807, 2.05) is 6.92 Å². The van der Waals surface area contributed by atoms with Gasteiger partial charge in [0.05, 0.1) is 17.2 Å². The summed E-state index contributed by atoms with van der Waals surface area (Å²) in [5.41, 5.74) is 1.94. The first-order valence-electron chi connectivity index (χ1n) is 9.32. The fourth-order valence-electron chi connectivity index (χ4n) is 3.28. The van der Waals surface area contributed by atoms with Crippen LogP contribution in [0.5, 0.6) is 0 Å². The van der Waals surface area contributed by atoms with Crippen molar-refractivity contribution in [2.45, 2.75) is 19.0 Å². The summed E-state index contributed by atoms with van der Waals surface area (Å²) < 4.78 is 18.0. The quantitative estimate of drug-likeness (QED) is 0.338. The number of aryl methyl sites for hydroxylation is 1. The minimum Gasteiger partial charge on any atom is -0.352 e. The van der Waals surface area contributed by atoms with Crippen LogP contribution in [0.15, 0.2) is 42.6 Å². The second-order valence-electron chi connectivity index (χ2n) is 6.88. The van der Waals surface area contributed by atoms with Gasteiger partial charge in [-0.2, -0.15) is 0 Å². The summed E-state index contributed by atoms with van der Waals surface area (Å²) in [5, 5.41) is 13.9. The van der Waals surface area contributed by atoms with Crippen LogP contribution in [0, 0.1) is 17.0 Å². The molecule has 0 spiro atoms. The third-order valence-electron chi connectivity index (χ3n) is 5.01. The average molecular weight is 444 g/mol. The maximum Gasteiger partial charge on any atom is 0.270 e. The molecule has 11 heteroatoms. The summed E-state index contributed by atoms with van der Waals surface area (Å²) in [4.78, 5) is 29.0. The smallest absolute Gasteiger partial charge is 0.270 e. The number of carbonyl (C=O) groups is 1. The summed E-state index contributed by atoms with van der Waals surface area (Å²) in [5.74, 6) is -1.36. The van der Waals surface area contributed by atoms with Gasteiger partial charge in [-0.25, -0.2) is 4.98 Å². The van der Waals surface area contributed by atoms with Gasteiger partial charge < -0.3 is 19.5 Å². The number of rotatable bonds is 7. The van der Waals surface area contributed by atoms with Crippen molar-refractivity contribution in [3.8, 4) is 11.3 Å². The molecule has 10 nitrogen and oxygen atoms in total. The average Bonchev–Trinajstić information content (AvgIpc) is 3.47. The van der Waals surface area contributed by atoms with E-state index in [0.29, 0.717) is 26.8 Å². The number of imidazole rings is 1. The molecule has 2 aromatic heterocycles. The molecule has 0 saturated carbocycles. The zero-order valence-electron chi connectivity index (χ0n) is 17.0. The fraction of sp³-hybridized carbons (Fsp3) is 0.300. The van der Waals surface area contributed by atoms with Crippen molar-refractivity contribution in [1.29, 1.82) is 0 Å². The molecule has 31 heavy (non-hydrogen) atoms. The number of hydrogen-bond acceptors (Lipinski definition) is 8. The zero-order chi connectivity index (χ0) is 22.2. The highest BCUT2D eigenvalue weighted by atomic mass is 32.1. The van der Waals surface area contributed by atoms with Gasteiger partial charge in [-0.3, -0.25) is 19.3 Å². The summed E-state index contributed by atoms with van der Waals surface area (Å²) in [6.07, 6.45) is 4.66. The maximum absolute atomic E-state index is 12.8. The minimum atomic E-state index is -1.09. The van der Waals surface area contributed by atoms with Crippen LogP contribution in [0.25, 0.3) is 16.2 Å². The number of non-ortho nitro benzene ring substituents is 1. The number of nitro benzene ring substituents is 1. The Hall–Kier alpha value is -3.12. The van der Waals surface area contributed by atoms with E-state index in [-0.39, 0.29) is 18.1 Å². The second kappa shape index (κ2) is 8.19. The summed E-state index contributed by atoms with van der Waals surface area (Å²) in [6.45, 7) is 1.92. The molecule has 1 N–H and O–H groups in total. The lowest BCUT2D eigenvalue weighted by Crippen LogP contribution is -2.44. The second-order valence-corrected chi connectivity index (χ2v) is 7.86. The minimum absolute atomic E-state index is 0.00314. The Morgan fingerprint density at radius 3 is 2.90 bits per heavy atom. The number of amides is 1. The Labute approximate surface area is 181 Å². The van der Waals surface area contributed by atoms with Crippen LogP contribution >= 0.6 is 11.3 Å². The SMILES string of the molecule is CO[C@@H]1C=C[C@@](CNC(=O)c2sc3nc(-c4cccc([N+](=O)[O-])c4)cn3c2C)(OC)O1. The molecule has 0 aliphatic carbocycles. The van der Waals surface area contributed by atoms with Gasteiger partial charge in [-0.05, 0) is 19.1 Å². The van der Waals surface area contributed by atoms with Crippen LogP contribution in [0.4, 0.5) is 5.69 Å². The van der Waals surface area contributed by atoms with Crippen molar-refractivity contribution in [3.05, 3.63) is 63.3 Å². The highest BCUT2D eigenvalue weighted by Crippen LogP contribution is 2.29. The Morgan fingerprint density at radius 2 is 2.26 bits per heavy atom. The third kappa shape index (κ3) is 3.95. The molecule has 1 aromatic carbocycles. The molecule has 162 valence electrons. The summed E-state index contributed by atoms with van der Waals surface area (Å²) >= 11 is 1.23. The predicted molar refractivity (Wildman–Crippen MR) is 113 cm³/mol. The van der Waals surface area contributed by atoms with Gasteiger partial charge in [0, 0.05) is 43.8 Å². The Balaban J connectivity index is 1.53. The fourth-order valence-corrected chi connectivity index (χ4v) is 4.30. The number of nitro groups is 1. The lowest BCUT2D eigenvalue weighted by Gasteiger charge is -2.27. The number of ether oxygens (including phenoxy) is 3. The topological polar surface area (TPSA) is 117 Å². The molecule has 4 rings (SSSR count). The molecular weight excluding hydrogens is 424 g/mol. The van der Waals surface area contributed by atoms with Crippen molar-refractivity contribution >= 4 is 27.9 Å². The van der Waals surface area contributed by atoms with Gasteiger partial charge in [0.25, 0.3) is 11.6 Å². The molecule has 0 radical (unpaired) electrons. The number of nitrogens with zero attached hydrogens (tertiary/aromatic N) is 3. The van der Waals surface area contributed by atoms with Gasteiger partial charge in [0.15, 0.2) is 11.3 Å². The molecule has 1 amide bonds. The number of aromatic nitrogens is 2. The Kier molecular flexibility index (Phi) is 5.58. The van der Waals surface area contributed by atoms with Crippen molar-refractivity contribution in [1.82, 2.24) is 14.7 Å². The highest BCUT2D eigenvalue weighted by molar-refractivity contribution is 7.19. The molecule has 1 aliphatic rings. The van der Waals surface area contributed by atoms with E-state index < -0.39 is 17.0 Å².